The van der Waals surface area contributed by atoms with Gasteiger partial charge in [0.2, 0.25) is 11.7 Å². The van der Waals surface area contributed by atoms with E-state index in [0.29, 0.717) is 17.1 Å². The molecule has 0 fully saturated rings. The highest BCUT2D eigenvalue weighted by Gasteiger charge is 2.03. The molecule has 0 aliphatic heterocycles. The van der Waals surface area contributed by atoms with Crippen molar-refractivity contribution in [1.29, 1.82) is 0 Å². The molecular weight excluding hydrogens is 224 g/mol. The minimum absolute atomic E-state index is 0. The highest BCUT2D eigenvalue weighted by atomic mass is 16.5. The molecule has 1 amide bonds. The topological polar surface area (TPSA) is 142 Å². The number of nitrogens with zero attached hydrogens (tertiary/aromatic N) is 3. The summed E-state index contributed by atoms with van der Waals surface area (Å²) in [7, 11) is 0. The van der Waals surface area contributed by atoms with Gasteiger partial charge in [0.05, 0.1) is 0 Å². The Kier molecular flexibility index (Phi) is 4.12. The summed E-state index contributed by atoms with van der Waals surface area (Å²) in [4.78, 5) is 10.9. The lowest BCUT2D eigenvalue weighted by Crippen LogP contribution is -2.10. The summed E-state index contributed by atoms with van der Waals surface area (Å²) in [6.07, 6.45) is 0. The molecule has 0 saturated carbocycles. The predicted octanol–water partition coefficient (Wildman–Crippen LogP) is 0.0396. The molecule has 0 radical (unpaired) electrons. The maximum atomic E-state index is 10.9. The minimum Gasteiger partial charge on any atom is -0.485 e. The average Bonchev–Trinajstić information content (AvgIpc) is 2.79. The van der Waals surface area contributed by atoms with Crippen LogP contribution in [0, 0.1) is 0 Å². The summed E-state index contributed by atoms with van der Waals surface area (Å²) in [6.45, 7) is 0.179. The molecule has 0 saturated heterocycles. The molecule has 17 heavy (non-hydrogen) atoms. The van der Waals surface area contributed by atoms with Gasteiger partial charge >= 0.3 is 0 Å². The zero-order valence-corrected chi connectivity index (χ0v) is 8.96. The molecule has 90 valence electrons. The maximum Gasteiger partial charge on any atom is 0.248 e. The number of aromatic nitrogens is 4. The van der Waals surface area contributed by atoms with E-state index in [-0.39, 0.29) is 12.8 Å². The van der Waals surface area contributed by atoms with E-state index in [2.05, 4.69) is 20.6 Å². The largest absolute Gasteiger partial charge is 0.485 e. The van der Waals surface area contributed by atoms with Gasteiger partial charge in [-0.2, -0.15) is 5.21 Å². The molecule has 8 heteroatoms. The highest BCUT2D eigenvalue weighted by Crippen LogP contribution is 2.13. The van der Waals surface area contributed by atoms with Crippen molar-refractivity contribution in [3.8, 4) is 5.75 Å². The van der Waals surface area contributed by atoms with Gasteiger partial charge in [0, 0.05) is 5.56 Å². The second-order valence-electron chi connectivity index (χ2n) is 3.01. The van der Waals surface area contributed by atoms with Crippen LogP contribution in [0.3, 0.4) is 0 Å². The van der Waals surface area contributed by atoms with Crippen molar-refractivity contribution in [2.75, 3.05) is 0 Å². The highest BCUT2D eigenvalue weighted by molar-refractivity contribution is 5.93. The molecule has 1 aromatic heterocycles. The van der Waals surface area contributed by atoms with Gasteiger partial charge in [-0.3, -0.25) is 4.79 Å². The van der Waals surface area contributed by atoms with Crippen molar-refractivity contribution in [3.05, 3.63) is 35.7 Å². The van der Waals surface area contributed by atoms with Gasteiger partial charge < -0.3 is 16.6 Å². The van der Waals surface area contributed by atoms with Gasteiger partial charge in [0.15, 0.2) is 6.61 Å². The second kappa shape index (κ2) is 5.56. The van der Waals surface area contributed by atoms with Crippen molar-refractivity contribution < 1.29 is 9.53 Å². The monoisotopic (exact) mass is 236 g/mol. The Bertz CT molecular complexity index is 484. The predicted molar refractivity (Wildman–Crippen MR) is 58.5 cm³/mol. The Labute approximate surface area is 96.7 Å². The van der Waals surface area contributed by atoms with Crippen molar-refractivity contribution in [3.63, 3.8) is 0 Å². The number of primary amides is 1. The molecule has 0 unspecified atom stereocenters. The molecule has 1 aromatic carbocycles. The van der Waals surface area contributed by atoms with Crippen LogP contribution in [0.2, 0.25) is 0 Å². The fraction of sp³-hybridized carbons (Fsp3) is 0.111. The van der Waals surface area contributed by atoms with Gasteiger partial charge in [0.1, 0.15) is 5.75 Å². The zero-order valence-electron chi connectivity index (χ0n) is 8.96. The number of nitrogens with one attached hydrogen (secondary N) is 1. The Morgan fingerprint density at radius 1 is 1.47 bits per heavy atom. The van der Waals surface area contributed by atoms with Crippen LogP contribution >= 0.6 is 0 Å². The van der Waals surface area contributed by atoms with Crippen LogP contribution in [0.15, 0.2) is 24.3 Å². The van der Waals surface area contributed by atoms with E-state index in [1.165, 1.54) is 0 Å². The number of benzene rings is 1. The molecular formula is C9H12N6O2. The van der Waals surface area contributed by atoms with E-state index in [1.807, 2.05) is 0 Å². The van der Waals surface area contributed by atoms with Gasteiger partial charge in [-0.05, 0) is 18.2 Å². The third-order valence-corrected chi connectivity index (χ3v) is 1.88. The quantitative estimate of drug-likeness (QED) is 0.684. The lowest BCUT2D eigenvalue weighted by atomic mass is 10.2. The van der Waals surface area contributed by atoms with E-state index in [0.717, 1.165) is 0 Å². The molecule has 8 nitrogen and oxygen atoms in total. The molecule has 0 spiro atoms. The summed E-state index contributed by atoms with van der Waals surface area (Å²) in [6, 6.07) is 6.57. The number of hydrogen-bond acceptors (Lipinski definition) is 6. The molecule has 2 aromatic rings. The van der Waals surface area contributed by atoms with E-state index >= 15 is 0 Å². The first kappa shape index (κ1) is 12.6. The number of rotatable bonds is 4. The molecule has 0 aliphatic rings. The average molecular weight is 236 g/mol. The Morgan fingerprint density at radius 3 is 2.94 bits per heavy atom. The number of hydrogen-bond donors (Lipinski definition) is 3. The molecule has 2 rings (SSSR count). The van der Waals surface area contributed by atoms with E-state index in [4.69, 9.17) is 10.5 Å². The van der Waals surface area contributed by atoms with Crippen molar-refractivity contribution in [2.24, 2.45) is 5.73 Å². The second-order valence-corrected chi connectivity index (χ2v) is 3.01. The number of aromatic amines is 1. The standard InChI is InChI=1S/C9H9N5O2.H3N/c10-9(15)6-2-1-3-7(4-6)16-5-8-11-13-14-12-8;/h1-4H,5H2,(H2,10,15)(H,11,12,13,14);1H3. The van der Waals surface area contributed by atoms with Crippen molar-refractivity contribution in [2.45, 2.75) is 6.61 Å². The summed E-state index contributed by atoms with van der Waals surface area (Å²) in [5.41, 5.74) is 5.53. The van der Waals surface area contributed by atoms with Crippen LogP contribution in [0.4, 0.5) is 0 Å². The Morgan fingerprint density at radius 2 is 2.29 bits per heavy atom. The fourth-order valence-corrected chi connectivity index (χ4v) is 1.13. The smallest absolute Gasteiger partial charge is 0.248 e. The molecule has 0 atom stereocenters. The summed E-state index contributed by atoms with van der Waals surface area (Å²) >= 11 is 0. The van der Waals surface area contributed by atoms with Crippen LogP contribution < -0.4 is 16.6 Å². The molecule has 0 aliphatic carbocycles. The van der Waals surface area contributed by atoms with E-state index < -0.39 is 5.91 Å². The van der Waals surface area contributed by atoms with Crippen LogP contribution in [-0.2, 0) is 6.61 Å². The third kappa shape index (κ3) is 3.24. The summed E-state index contributed by atoms with van der Waals surface area (Å²) < 4.78 is 5.35. The van der Waals surface area contributed by atoms with E-state index in [9.17, 15) is 4.79 Å². The first-order valence-electron chi connectivity index (χ1n) is 4.50. The first-order valence-corrected chi connectivity index (χ1v) is 4.50. The van der Waals surface area contributed by atoms with Crippen LogP contribution in [-0.4, -0.2) is 26.5 Å². The van der Waals surface area contributed by atoms with E-state index in [1.54, 1.807) is 24.3 Å². The molecule has 0 bridgehead atoms. The number of carbonyl (C=O) groups excluding carboxylic acids is 1. The maximum absolute atomic E-state index is 10.9. The molecule has 1 heterocycles. The number of amides is 1. The Hall–Kier alpha value is -2.48. The van der Waals surface area contributed by atoms with Crippen LogP contribution in [0.5, 0.6) is 5.75 Å². The summed E-state index contributed by atoms with van der Waals surface area (Å²) in [5, 5.41) is 13.2. The Balaban J connectivity index is 0.00000144. The van der Waals surface area contributed by atoms with Gasteiger partial charge in [-0.15, -0.1) is 10.2 Å². The number of H-pyrrole nitrogens is 1. The van der Waals surface area contributed by atoms with Crippen molar-refractivity contribution >= 4 is 5.91 Å². The van der Waals surface area contributed by atoms with Gasteiger partial charge in [-0.25, -0.2) is 0 Å². The SMILES string of the molecule is N.NC(=O)c1cccc(OCc2nn[nH]n2)c1. The van der Waals surface area contributed by atoms with Gasteiger partial charge in [-0.1, -0.05) is 11.3 Å². The normalized spacial score (nSPS) is 9.41. The summed E-state index contributed by atoms with van der Waals surface area (Å²) in [5.74, 6) is 0.468. The van der Waals surface area contributed by atoms with Gasteiger partial charge in [0.25, 0.3) is 0 Å². The first-order chi connectivity index (χ1) is 7.75. The number of tetrazole rings is 1. The fourth-order valence-electron chi connectivity index (χ4n) is 1.13. The lowest BCUT2D eigenvalue weighted by Gasteiger charge is -2.03. The lowest BCUT2D eigenvalue weighted by molar-refractivity contribution is 0.1000. The van der Waals surface area contributed by atoms with Crippen LogP contribution in [0.25, 0.3) is 0 Å². The van der Waals surface area contributed by atoms with Crippen molar-refractivity contribution in [1.82, 2.24) is 26.8 Å². The number of ether oxygens (including phenoxy) is 1. The minimum atomic E-state index is -0.495. The van der Waals surface area contributed by atoms with Crippen LogP contribution in [0.1, 0.15) is 16.2 Å². The molecule has 6 N–H and O–H groups in total. The number of nitrogens with two attached hydrogens (primary N) is 1. The third-order valence-electron chi connectivity index (χ3n) is 1.88. The number of carbonyl (C=O) groups is 1. The zero-order chi connectivity index (χ0) is 11.4.